The number of hydrogen-bond donors (Lipinski definition) is 1. The molecule has 8 nitrogen and oxygen atoms in total. The van der Waals surface area contributed by atoms with Gasteiger partial charge in [-0.1, -0.05) is 0 Å². The predicted molar refractivity (Wildman–Crippen MR) is 85.3 cm³/mol. The number of nitrogens with one attached hydrogen (secondary N) is 1. The molecule has 126 valence electrons. The summed E-state index contributed by atoms with van der Waals surface area (Å²) < 4.78 is 4.96. The van der Waals surface area contributed by atoms with E-state index in [1.54, 1.807) is 16.7 Å². The van der Waals surface area contributed by atoms with Crippen molar-refractivity contribution >= 4 is 17.9 Å². The van der Waals surface area contributed by atoms with Gasteiger partial charge < -0.3 is 19.9 Å². The number of amides is 2. The highest BCUT2D eigenvalue weighted by Crippen LogP contribution is 2.10. The van der Waals surface area contributed by atoms with Crippen molar-refractivity contribution in [1.82, 2.24) is 19.8 Å². The lowest BCUT2D eigenvalue weighted by Crippen LogP contribution is -2.50. The topological polar surface area (TPSA) is 87.7 Å². The summed E-state index contributed by atoms with van der Waals surface area (Å²) in [5.41, 5.74) is 0.448. The van der Waals surface area contributed by atoms with Gasteiger partial charge in [-0.25, -0.2) is 14.8 Å². The maximum atomic E-state index is 12.4. The molecule has 0 atom stereocenters. The molecule has 1 aliphatic rings. The third-order valence-corrected chi connectivity index (χ3v) is 3.41. The van der Waals surface area contributed by atoms with E-state index in [0.717, 1.165) is 0 Å². The minimum atomic E-state index is -0.327. The van der Waals surface area contributed by atoms with Gasteiger partial charge in [0.1, 0.15) is 0 Å². The van der Waals surface area contributed by atoms with Crippen LogP contribution in [0.4, 0.5) is 10.7 Å². The van der Waals surface area contributed by atoms with Crippen molar-refractivity contribution in [3.05, 3.63) is 18.0 Å². The molecule has 1 aromatic heterocycles. The van der Waals surface area contributed by atoms with Crippen LogP contribution in [0.5, 0.6) is 0 Å². The van der Waals surface area contributed by atoms with E-state index in [-0.39, 0.29) is 18.0 Å². The molecule has 1 aliphatic heterocycles. The second kappa shape index (κ2) is 7.75. The largest absolute Gasteiger partial charge is 0.450 e. The smallest absolute Gasteiger partial charge is 0.409 e. The normalized spacial score (nSPS) is 14.8. The SMILES string of the molecule is CCOC(=O)N1CCN(C(=O)c2cnc(NC(C)C)nc2)CC1. The Kier molecular flexibility index (Phi) is 5.72. The summed E-state index contributed by atoms with van der Waals surface area (Å²) >= 11 is 0. The zero-order chi connectivity index (χ0) is 16.8. The van der Waals surface area contributed by atoms with Gasteiger partial charge in [0.25, 0.3) is 5.91 Å². The van der Waals surface area contributed by atoms with Crippen LogP contribution in [0.1, 0.15) is 31.1 Å². The summed E-state index contributed by atoms with van der Waals surface area (Å²) in [7, 11) is 0. The molecule has 0 radical (unpaired) electrons. The summed E-state index contributed by atoms with van der Waals surface area (Å²) in [6, 6.07) is 0.229. The Labute approximate surface area is 135 Å². The highest BCUT2D eigenvalue weighted by molar-refractivity contribution is 5.93. The first-order valence-corrected chi connectivity index (χ1v) is 7.80. The first-order chi connectivity index (χ1) is 11.0. The zero-order valence-corrected chi connectivity index (χ0v) is 13.8. The van der Waals surface area contributed by atoms with Crippen LogP contribution in [-0.4, -0.2) is 70.6 Å². The van der Waals surface area contributed by atoms with E-state index in [0.29, 0.717) is 44.3 Å². The predicted octanol–water partition coefficient (Wildman–Crippen LogP) is 1.21. The van der Waals surface area contributed by atoms with E-state index in [2.05, 4.69) is 15.3 Å². The number of piperazine rings is 1. The summed E-state index contributed by atoms with van der Waals surface area (Å²) in [5.74, 6) is 0.383. The van der Waals surface area contributed by atoms with Gasteiger partial charge in [0.15, 0.2) is 0 Å². The molecule has 0 spiro atoms. The molecule has 0 bridgehead atoms. The quantitative estimate of drug-likeness (QED) is 0.897. The fourth-order valence-corrected chi connectivity index (χ4v) is 2.26. The lowest BCUT2D eigenvalue weighted by Gasteiger charge is -2.33. The molecular formula is C15H23N5O3. The number of hydrogen-bond acceptors (Lipinski definition) is 6. The third-order valence-electron chi connectivity index (χ3n) is 3.41. The van der Waals surface area contributed by atoms with E-state index in [1.807, 2.05) is 13.8 Å². The molecule has 0 aromatic carbocycles. The van der Waals surface area contributed by atoms with Crippen LogP contribution in [0.25, 0.3) is 0 Å². The van der Waals surface area contributed by atoms with Gasteiger partial charge in [0, 0.05) is 44.6 Å². The second-order valence-corrected chi connectivity index (χ2v) is 5.57. The number of carbonyl (C=O) groups is 2. The zero-order valence-electron chi connectivity index (χ0n) is 13.8. The molecule has 2 amide bonds. The van der Waals surface area contributed by atoms with Gasteiger partial charge in [0.2, 0.25) is 5.95 Å². The molecule has 0 aliphatic carbocycles. The number of carbonyl (C=O) groups excluding carboxylic acids is 2. The van der Waals surface area contributed by atoms with Crippen molar-refractivity contribution in [1.29, 1.82) is 0 Å². The van der Waals surface area contributed by atoms with Crippen molar-refractivity contribution in [3.63, 3.8) is 0 Å². The second-order valence-electron chi connectivity index (χ2n) is 5.57. The Balaban J connectivity index is 1.90. The van der Waals surface area contributed by atoms with Crippen LogP contribution in [0, 0.1) is 0 Å². The number of nitrogens with zero attached hydrogens (tertiary/aromatic N) is 4. The molecule has 1 aromatic rings. The van der Waals surface area contributed by atoms with Crippen LogP contribution >= 0.6 is 0 Å². The van der Waals surface area contributed by atoms with E-state index >= 15 is 0 Å². The monoisotopic (exact) mass is 321 g/mol. The van der Waals surface area contributed by atoms with Gasteiger partial charge in [-0.05, 0) is 20.8 Å². The Morgan fingerprint density at radius 2 is 1.74 bits per heavy atom. The summed E-state index contributed by atoms with van der Waals surface area (Å²) in [6.45, 7) is 8.00. The van der Waals surface area contributed by atoms with Crippen LogP contribution in [0.15, 0.2) is 12.4 Å². The average molecular weight is 321 g/mol. The first-order valence-electron chi connectivity index (χ1n) is 7.80. The summed E-state index contributed by atoms with van der Waals surface area (Å²) in [6.07, 6.45) is 2.72. The van der Waals surface area contributed by atoms with E-state index < -0.39 is 0 Å². The van der Waals surface area contributed by atoms with Crippen LogP contribution in [0.3, 0.4) is 0 Å². The summed E-state index contributed by atoms with van der Waals surface area (Å²) in [5, 5.41) is 3.08. The molecule has 23 heavy (non-hydrogen) atoms. The number of anilines is 1. The highest BCUT2D eigenvalue weighted by atomic mass is 16.6. The molecule has 0 saturated carbocycles. The van der Waals surface area contributed by atoms with Gasteiger partial charge >= 0.3 is 6.09 Å². The minimum absolute atomic E-state index is 0.121. The molecule has 1 fully saturated rings. The van der Waals surface area contributed by atoms with Crippen molar-refractivity contribution in [3.8, 4) is 0 Å². The van der Waals surface area contributed by atoms with Gasteiger partial charge in [-0.15, -0.1) is 0 Å². The molecule has 2 heterocycles. The maximum Gasteiger partial charge on any atom is 0.409 e. The molecule has 1 saturated heterocycles. The van der Waals surface area contributed by atoms with E-state index in [1.165, 1.54) is 12.4 Å². The average Bonchev–Trinajstić information content (AvgIpc) is 2.55. The van der Waals surface area contributed by atoms with Crippen molar-refractivity contribution in [2.45, 2.75) is 26.8 Å². The Morgan fingerprint density at radius 1 is 1.17 bits per heavy atom. The molecular weight excluding hydrogens is 298 g/mol. The number of aromatic nitrogens is 2. The van der Waals surface area contributed by atoms with Gasteiger partial charge in [0.05, 0.1) is 12.2 Å². The molecule has 0 unspecified atom stereocenters. The lowest BCUT2D eigenvalue weighted by atomic mass is 10.2. The lowest BCUT2D eigenvalue weighted by molar-refractivity contribution is 0.0570. The standard InChI is InChI=1S/C15H23N5O3/c1-4-23-15(22)20-7-5-19(6-8-20)13(21)12-9-16-14(17-10-12)18-11(2)3/h9-11H,4-8H2,1-3H3,(H,16,17,18). The van der Waals surface area contributed by atoms with Crippen LogP contribution in [0.2, 0.25) is 0 Å². The highest BCUT2D eigenvalue weighted by Gasteiger charge is 2.25. The fraction of sp³-hybridized carbons (Fsp3) is 0.600. The van der Waals surface area contributed by atoms with Crippen LogP contribution < -0.4 is 5.32 Å². The fourth-order valence-electron chi connectivity index (χ4n) is 2.26. The van der Waals surface area contributed by atoms with Crippen molar-refractivity contribution in [2.75, 3.05) is 38.1 Å². The first kappa shape index (κ1) is 17.0. The van der Waals surface area contributed by atoms with Gasteiger partial charge in [-0.2, -0.15) is 0 Å². The number of rotatable bonds is 4. The summed E-state index contributed by atoms with van der Waals surface area (Å²) in [4.78, 5) is 35.7. The number of ether oxygens (including phenoxy) is 1. The molecule has 8 heteroatoms. The molecule has 2 rings (SSSR count). The van der Waals surface area contributed by atoms with Crippen molar-refractivity contribution in [2.24, 2.45) is 0 Å². The van der Waals surface area contributed by atoms with Gasteiger partial charge in [-0.3, -0.25) is 4.79 Å². The van der Waals surface area contributed by atoms with Crippen molar-refractivity contribution < 1.29 is 14.3 Å². The Hall–Kier alpha value is -2.38. The maximum absolute atomic E-state index is 12.4. The van der Waals surface area contributed by atoms with Crippen LogP contribution in [-0.2, 0) is 4.74 Å². The Bertz CT molecular complexity index is 539. The molecule has 1 N–H and O–H groups in total. The Morgan fingerprint density at radius 3 is 2.26 bits per heavy atom. The van der Waals surface area contributed by atoms with E-state index in [9.17, 15) is 9.59 Å². The third kappa shape index (κ3) is 4.54. The minimum Gasteiger partial charge on any atom is -0.450 e. The van der Waals surface area contributed by atoms with E-state index in [4.69, 9.17) is 4.74 Å².